The molecule has 1 fully saturated rings. The minimum Gasteiger partial charge on any atom is -0.383 e. The third-order valence-corrected chi connectivity index (χ3v) is 6.06. The van der Waals surface area contributed by atoms with Crippen LogP contribution in [0.25, 0.3) is 10.2 Å². The van der Waals surface area contributed by atoms with E-state index in [1.807, 2.05) is 24.3 Å². The van der Waals surface area contributed by atoms with Gasteiger partial charge in [-0.25, -0.2) is 4.98 Å². The van der Waals surface area contributed by atoms with Gasteiger partial charge in [0.05, 0.1) is 10.2 Å². The monoisotopic (exact) mass is 348 g/mol. The quantitative estimate of drug-likeness (QED) is 0.793. The van der Waals surface area contributed by atoms with Crippen LogP contribution in [-0.4, -0.2) is 33.3 Å². The summed E-state index contributed by atoms with van der Waals surface area (Å²) in [5.41, 5.74) is 0.770. The van der Waals surface area contributed by atoms with Gasteiger partial charge < -0.3 is 15.5 Å². The molecular weight excluding hydrogens is 324 g/mol. The number of nitrogens with zero attached hydrogens (tertiary/aromatic N) is 1. The fourth-order valence-corrected chi connectivity index (χ4v) is 4.30. The van der Waals surface area contributed by atoms with Crippen molar-refractivity contribution in [1.29, 1.82) is 0 Å². The van der Waals surface area contributed by atoms with E-state index in [1.54, 1.807) is 0 Å². The molecule has 0 radical (unpaired) electrons. The lowest BCUT2D eigenvalue weighted by Crippen LogP contribution is -2.51. The highest BCUT2D eigenvalue weighted by molar-refractivity contribution is 7.18. The number of aliphatic hydroxyl groups excluding tert-OH is 2. The van der Waals surface area contributed by atoms with Crippen molar-refractivity contribution in [2.45, 2.75) is 57.8 Å². The number of fused-ring (bicyclic) bond motifs is 1. The molecule has 130 valence electrons. The number of amides is 1. The van der Waals surface area contributed by atoms with E-state index in [2.05, 4.69) is 24.1 Å². The Kier molecular flexibility index (Phi) is 4.90. The van der Waals surface area contributed by atoms with E-state index >= 15 is 0 Å². The van der Waals surface area contributed by atoms with Gasteiger partial charge in [-0.15, -0.1) is 11.3 Å². The molecule has 0 aliphatic heterocycles. The Bertz CT molecular complexity index is 695. The van der Waals surface area contributed by atoms with Crippen LogP contribution in [0.5, 0.6) is 0 Å². The van der Waals surface area contributed by atoms with Crippen LogP contribution in [0.1, 0.15) is 50.6 Å². The topological polar surface area (TPSA) is 82.5 Å². The highest BCUT2D eigenvalue weighted by Crippen LogP contribution is 2.35. The van der Waals surface area contributed by atoms with Gasteiger partial charge >= 0.3 is 0 Å². The van der Waals surface area contributed by atoms with Crippen LogP contribution in [0.3, 0.4) is 0 Å². The Hall–Kier alpha value is -1.50. The summed E-state index contributed by atoms with van der Waals surface area (Å²) < 4.78 is 0.924. The molecule has 1 saturated carbocycles. The van der Waals surface area contributed by atoms with Gasteiger partial charge in [0.15, 0.2) is 6.10 Å². The van der Waals surface area contributed by atoms with E-state index in [0.717, 1.165) is 35.9 Å². The average molecular weight is 348 g/mol. The molecule has 1 heterocycles. The number of hydrogen-bond donors (Lipinski definition) is 3. The highest BCUT2D eigenvalue weighted by atomic mass is 32.1. The summed E-state index contributed by atoms with van der Waals surface area (Å²) in [7, 11) is 0. The van der Waals surface area contributed by atoms with Crippen molar-refractivity contribution in [1.82, 2.24) is 10.3 Å². The van der Waals surface area contributed by atoms with E-state index in [0.29, 0.717) is 5.01 Å². The molecule has 3 N–H and O–H groups in total. The molecule has 3 atom stereocenters. The molecule has 1 aliphatic rings. The predicted octanol–water partition coefficient (Wildman–Crippen LogP) is 2.78. The molecular formula is C18H24N2O3S. The molecule has 0 spiro atoms. The number of benzene rings is 1. The van der Waals surface area contributed by atoms with Crippen LogP contribution >= 0.6 is 11.3 Å². The lowest BCUT2D eigenvalue weighted by Gasteiger charge is -2.39. The maximum absolute atomic E-state index is 12.4. The fourth-order valence-electron chi connectivity index (χ4n) is 3.31. The van der Waals surface area contributed by atoms with E-state index < -0.39 is 18.1 Å². The molecule has 1 aromatic carbocycles. The number of nitrogens with one attached hydrogen (secondary N) is 1. The standard InChI is InChI=1S/C18H24N2O3S/c1-18(2)10-6-5-9-13(18)20-16(23)14(21)15(22)17-19-11-7-3-4-8-12(11)24-17/h3-4,7-8,13-15,21-22H,5-6,9-10H2,1-2H3,(H,20,23). The van der Waals surface area contributed by atoms with Crippen molar-refractivity contribution in [3.63, 3.8) is 0 Å². The summed E-state index contributed by atoms with van der Waals surface area (Å²) in [6.45, 7) is 4.26. The SMILES string of the molecule is CC1(C)CCCCC1NC(=O)C(O)C(O)c1nc2ccccc2s1. The molecule has 3 unspecified atom stereocenters. The molecule has 0 saturated heterocycles. The largest absolute Gasteiger partial charge is 0.383 e. The molecule has 1 aliphatic carbocycles. The first-order valence-electron chi connectivity index (χ1n) is 8.40. The predicted molar refractivity (Wildman–Crippen MR) is 94.8 cm³/mol. The Morgan fingerprint density at radius 2 is 2.08 bits per heavy atom. The van der Waals surface area contributed by atoms with E-state index in [1.165, 1.54) is 11.3 Å². The van der Waals surface area contributed by atoms with Gasteiger partial charge in [0.2, 0.25) is 0 Å². The Balaban J connectivity index is 1.70. The minimum atomic E-state index is -1.51. The molecule has 5 nitrogen and oxygen atoms in total. The van der Waals surface area contributed by atoms with Crippen LogP contribution in [0, 0.1) is 5.41 Å². The zero-order valence-electron chi connectivity index (χ0n) is 14.0. The van der Waals surface area contributed by atoms with E-state index in [4.69, 9.17) is 0 Å². The lowest BCUT2D eigenvalue weighted by atomic mass is 9.73. The summed E-state index contributed by atoms with van der Waals surface area (Å²) in [5.74, 6) is -0.526. The third kappa shape index (κ3) is 3.45. The van der Waals surface area contributed by atoms with Crippen LogP contribution < -0.4 is 5.32 Å². The first-order valence-corrected chi connectivity index (χ1v) is 9.22. The second-order valence-electron chi connectivity index (χ2n) is 7.21. The summed E-state index contributed by atoms with van der Waals surface area (Å²) in [6, 6.07) is 7.53. The average Bonchev–Trinajstić information content (AvgIpc) is 2.99. The smallest absolute Gasteiger partial charge is 0.252 e. The van der Waals surface area contributed by atoms with Crippen LogP contribution in [0.15, 0.2) is 24.3 Å². The first-order chi connectivity index (χ1) is 11.4. The number of para-hydroxylation sites is 1. The molecule has 0 bridgehead atoms. The normalized spacial score (nSPS) is 22.9. The highest BCUT2D eigenvalue weighted by Gasteiger charge is 2.36. The van der Waals surface area contributed by atoms with Crippen molar-refractivity contribution in [3.05, 3.63) is 29.3 Å². The molecule has 2 aromatic rings. The molecule has 3 rings (SSSR count). The number of aromatic nitrogens is 1. The van der Waals surface area contributed by atoms with Gasteiger partial charge in [-0.1, -0.05) is 38.8 Å². The summed E-state index contributed by atoms with van der Waals surface area (Å²) in [4.78, 5) is 16.7. The van der Waals surface area contributed by atoms with Gasteiger partial charge in [0.1, 0.15) is 11.1 Å². The summed E-state index contributed by atoms with van der Waals surface area (Å²) in [6.07, 6.45) is 1.37. The fraction of sp³-hybridized carbons (Fsp3) is 0.556. The van der Waals surface area contributed by atoms with Gasteiger partial charge in [0.25, 0.3) is 5.91 Å². The number of carbonyl (C=O) groups is 1. The van der Waals surface area contributed by atoms with Gasteiger partial charge in [-0.3, -0.25) is 4.79 Å². The number of rotatable bonds is 4. The maximum Gasteiger partial charge on any atom is 0.252 e. The zero-order chi connectivity index (χ0) is 17.3. The minimum absolute atomic E-state index is 0.00838. The first kappa shape index (κ1) is 17.3. The third-order valence-electron chi connectivity index (χ3n) is 4.95. The molecule has 1 aromatic heterocycles. The summed E-state index contributed by atoms with van der Waals surface area (Å²) >= 11 is 1.30. The second kappa shape index (κ2) is 6.78. The van der Waals surface area contributed by atoms with Crippen LogP contribution in [0.4, 0.5) is 0 Å². The van der Waals surface area contributed by atoms with Crippen LogP contribution in [-0.2, 0) is 4.79 Å². The van der Waals surface area contributed by atoms with Crippen molar-refractivity contribution >= 4 is 27.5 Å². The second-order valence-corrected chi connectivity index (χ2v) is 8.27. The number of carbonyl (C=O) groups excluding carboxylic acids is 1. The van der Waals surface area contributed by atoms with E-state index in [9.17, 15) is 15.0 Å². The molecule has 6 heteroatoms. The summed E-state index contributed by atoms with van der Waals surface area (Å²) in [5, 5.41) is 23.9. The maximum atomic E-state index is 12.4. The molecule has 24 heavy (non-hydrogen) atoms. The number of thiazole rings is 1. The molecule has 1 amide bonds. The lowest BCUT2D eigenvalue weighted by molar-refractivity contribution is -0.137. The van der Waals surface area contributed by atoms with Gasteiger partial charge in [0, 0.05) is 6.04 Å². The van der Waals surface area contributed by atoms with Gasteiger partial charge in [-0.2, -0.15) is 0 Å². The van der Waals surface area contributed by atoms with E-state index in [-0.39, 0.29) is 11.5 Å². The van der Waals surface area contributed by atoms with Gasteiger partial charge in [-0.05, 0) is 30.4 Å². The number of aliphatic hydroxyl groups is 2. The Morgan fingerprint density at radius 1 is 1.33 bits per heavy atom. The number of hydrogen-bond acceptors (Lipinski definition) is 5. The van der Waals surface area contributed by atoms with Crippen molar-refractivity contribution < 1.29 is 15.0 Å². The van der Waals surface area contributed by atoms with Crippen LogP contribution in [0.2, 0.25) is 0 Å². The van der Waals surface area contributed by atoms with Crippen molar-refractivity contribution in [2.75, 3.05) is 0 Å². The van der Waals surface area contributed by atoms with Crippen molar-refractivity contribution in [3.8, 4) is 0 Å². The Morgan fingerprint density at radius 3 is 2.79 bits per heavy atom. The van der Waals surface area contributed by atoms with Crippen molar-refractivity contribution in [2.24, 2.45) is 5.41 Å². The Labute approximate surface area is 145 Å². The zero-order valence-corrected chi connectivity index (χ0v) is 14.8.